The summed E-state index contributed by atoms with van der Waals surface area (Å²) >= 11 is 0. The summed E-state index contributed by atoms with van der Waals surface area (Å²) in [5, 5.41) is 6.09. The van der Waals surface area contributed by atoms with Gasteiger partial charge in [0.05, 0.1) is 6.04 Å². The molecule has 1 unspecified atom stereocenters. The van der Waals surface area contributed by atoms with E-state index in [1.54, 1.807) is 11.2 Å². The predicted molar refractivity (Wildman–Crippen MR) is 110 cm³/mol. The number of hydrogen-bond donors (Lipinski definition) is 0. The zero-order valence-corrected chi connectivity index (χ0v) is 16.4. The molecule has 28 heavy (non-hydrogen) atoms. The number of hydrogen-bond acceptors (Lipinski definition) is 6. The van der Waals surface area contributed by atoms with Gasteiger partial charge in [-0.05, 0) is 24.5 Å². The van der Waals surface area contributed by atoms with Gasteiger partial charge < -0.3 is 9.80 Å². The molecule has 1 amide bonds. The van der Waals surface area contributed by atoms with Crippen molar-refractivity contribution in [3.05, 3.63) is 48.2 Å². The maximum Gasteiger partial charge on any atom is 0.246 e. The Hall–Kier alpha value is -2.96. The number of nitrogens with zero attached hydrogens (tertiary/aromatic N) is 6. The zero-order chi connectivity index (χ0) is 19.5. The summed E-state index contributed by atoms with van der Waals surface area (Å²) in [5.74, 6) is 1.77. The minimum Gasteiger partial charge on any atom is -0.356 e. The van der Waals surface area contributed by atoms with Crippen molar-refractivity contribution in [1.82, 2.24) is 15.0 Å². The Morgan fingerprint density at radius 2 is 1.86 bits per heavy atom. The molecule has 2 aliphatic heterocycles. The van der Waals surface area contributed by atoms with Crippen LogP contribution in [0, 0.1) is 5.92 Å². The fraction of sp³-hybridized carbons (Fsp3) is 0.429. The zero-order valence-electron chi connectivity index (χ0n) is 16.4. The van der Waals surface area contributed by atoms with Crippen molar-refractivity contribution in [1.29, 1.82) is 0 Å². The van der Waals surface area contributed by atoms with E-state index in [1.807, 2.05) is 49.5 Å². The maximum absolute atomic E-state index is 13.1. The molecule has 0 spiro atoms. The van der Waals surface area contributed by atoms with Gasteiger partial charge in [0.25, 0.3) is 0 Å². The van der Waals surface area contributed by atoms with E-state index in [4.69, 9.17) is 0 Å². The summed E-state index contributed by atoms with van der Waals surface area (Å²) in [4.78, 5) is 26.2. The van der Waals surface area contributed by atoms with Gasteiger partial charge >= 0.3 is 0 Å². The molecule has 0 bridgehead atoms. The van der Waals surface area contributed by atoms with E-state index in [2.05, 4.69) is 32.1 Å². The first-order valence-corrected chi connectivity index (χ1v) is 9.79. The number of carbonyl (C=O) groups is 1. The largest absolute Gasteiger partial charge is 0.356 e. The topological polar surface area (TPSA) is 64.9 Å². The minimum atomic E-state index is 0.00729. The average Bonchev–Trinajstić information content (AvgIpc) is 3.24. The molecule has 1 fully saturated rings. The molecule has 146 valence electrons. The van der Waals surface area contributed by atoms with Gasteiger partial charge in [-0.25, -0.2) is 9.99 Å². The number of aromatic nitrogens is 2. The molecular formula is C21H26N6O. The van der Waals surface area contributed by atoms with Crippen LogP contribution in [0.15, 0.2) is 47.7 Å². The van der Waals surface area contributed by atoms with Gasteiger partial charge in [0, 0.05) is 51.9 Å². The van der Waals surface area contributed by atoms with Crippen LogP contribution in [-0.2, 0) is 4.79 Å². The molecule has 0 radical (unpaired) electrons. The first-order valence-electron chi connectivity index (χ1n) is 9.79. The molecular weight excluding hydrogens is 352 g/mol. The molecule has 7 nitrogen and oxygen atoms in total. The van der Waals surface area contributed by atoms with Gasteiger partial charge in [0.2, 0.25) is 11.9 Å². The number of piperidine rings is 1. The highest BCUT2D eigenvalue weighted by Gasteiger charge is 2.34. The summed E-state index contributed by atoms with van der Waals surface area (Å²) in [6.07, 6.45) is 6.05. The van der Waals surface area contributed by atoms with Gasteiger partial charge in [-0.2, -0.15) is 10.1 Å². The quantitative estimate of drug-likeness (QED) is 0.818. The molecule has 2 aliphatic rings. The van der Waals surface area contributed by atoms with Crippen LogP contribution in [0.4, 0.5) is 11.8 Å². The molecule has 3 heterocycles. The minimum absolute atomic E-state index is 0.00729. The fourth-order valence-corrected chi connectivity index (χ4v) is 3.85. The molecule has 4 rings (SSSR count). The van der Waals surface area contributed by atoms with Gasteiger partial charge in [-0.15, -0.1) is 0 Å². The summed E-state index contributed by atoms with van der Waals surface area (Å²) < 4.78 is 0. The Balaban J connectivity index is 1.40. The van der Waals surface area contributed by atoms with Crippen LogP contribution in [0.25, 0.3) is 0 Å². The first kappa shape index (κ1) is 18.4. The van der Waals surface area contributed by atoms with Crippen molar-refractivity contribution < 1.29 is 4.79 Å². The molecule has 0 aliphatic carbocycles. The SMILES string of the molecule is CN(C)c1nccc(N2CCC(C(=O)N3N=CCC3c3ccccc3)CC2)n1. The number of rotatable bonds is 4. The molecule has 1 atom stereocenters. The van der Waals surface area contributed by atoms with Crippen LogP contribution in [0.1, 0.15) is 30.9 Å². The monoisotopic (exact) mass is 378 g/mol. The first-order chi connectivity index (χ1) is 13.6. The van der Waals surface area contributed by atoms with Crippen molar-refractivity contribution in [2.75, 3.05) is 37.0 Å². The second-order valence-corrected chi connectivity index (χ2v) is 7.51. The van der Waals surface area contributed by atoms with Gasteiger partial charge in [-0.3, -0.25) is 4.79 Å². The number of amides is 1. The number of hydrazone groups is 1. The second kappa shape index (κ2) is 7.96. The van der Waals surface area contributed by atoms with E-state index < -0.39 is 0 Å². The summed E-state index contributed by atoms with van der Waals surface area (Å²) in [5.41, 5.74) is 1.14. The van der Waals surface area contributed by atoms with Crippen LogP contribution in [0.3, 0.4) is 0 Å². The van der Waals surface area contributed by atoms with Gasteiger partial charge in [0.1, 0.15) is 5.82 Å². The van der Waals surface area contributed by atoms with E-state index in [1.165, 1.54) is 0 Å². The lowest BCUT2D eigenvalue weighted by atomic mass is 9.94. The van der Waals surface area contributed by atoms with Crippen LogP contribution >= 0.6 is 0 Å². The maximum atomic E-state index is 13.1. The lowest BCUT2D eigenvalue weighted by Crippen LogP contribution is -2.41. The summed E-state index contributed by atoms with van der Waals surface area (Å²) in [6.45, 7) is 1.63. The van der Waals surface area contributed by atoms with Crippen LogP contribution in [0.2, 0.25) is 0 Å². The van der Waals surface area contributed by atoms with E-state index in [0.29, 0.717) is 5.95 Å². The second-order valence-electron chi connectivity index (χ2n) is 7.51. The molecule has 2 aromatic rings. The highest BCUT2D eigenvalue weighted by molar-refractivity contribution is 5.82. The van der Waals surface area contributed by atoms with Crippen molar-refractivity contribution in [3.63, 3.8) is 0 Å². The Labute approximate surface area is 165 Å². The Kier molecular flexibility index (Phi) is 5.23. The van der Waals surface area contributed by atoms with Crippen molar-refractivity contribution in [3.8, 4) is 0 Å². The molecule has 1 aromatic heterocycles. The van der Waals surface area contributed by atoms with E-state index >= 15 is 0 Å². The Morgan fingerprint density at radius 3 is 2.57 bits per heavy atom. The highest BCUT2D eigenvalue weighted by Crippen LogP contribution is 2.32. The number of carbonyl (C=O) groups excluding carboxylic acids is 1. The number of anilines is 2. The van der Waals surface area contributed by atoms with Crippen LogP contribution in [-0.4, -0.2) is 54.3 Å². The third-order valence-corrected chi connectivity index (χ3v) is 5.44. The lowest BCUT2D eigenvalue weighted by Gasteiger charge is -2.34. The average molecular weight is 378 g/mol. The highest BCUT2D eigenvalue weighted by atomic mass is 16.2. The van der Waals surface area contributed by atoms with E-state index in [-0.39, 0.29) is 17.9 Å². The standard InChI is InChI=1S/C21H26N6O/c1-25(2)21-22-12-9-19(24-21)26-14-10-17(11-15-26)20(28)27-18(8-13-23-27)16-6-4-3-5-7-16/h3-7,9,12-13,17-18H,8,10-11,14-15H2,1-2H3. The third-order valence-electron chi connectivity index (χ3n) is 5.44. The van der Waals surface area contributed by atoms with Crippen LogP contribution in [0.5, 0.6) is 0 Å². The molecule has 0 saturated carbocycles. The molecule has 1 aromatic carbocycles. The lowest BCUT2D eigenvalue weighted by molar-refractivity contribution is -0.138. The van der Waals surface area contributed by atoms with E-state index in [9.17, 15) is 4.79 Å². The smallest absolute Gasteiger partial charge is 0.246 e. The summed E-state index contributed by atoms with van der Waals surface area (Å²) in [7, 11) is 3.87. The molecule has 0 N–H and O–H groups in total. The van der Waals surface area contributed by atoms with Gasteiger partial charge in [0.15, 0.2) is 0 Å². The third kappa shape index (κ3) is 3.69. The fourth-order valence-electron chi connectivity index (χ4n) is 3.85. The molecule has 1 saturated heterocycles. The van der Waals surface area contributed by atoms with Crippen molar-refractivity contribution in [2.45, 2.75) is 25.3 Å². The van der Waals surface area contributed by atoms with Crippen molar-refractivity contribution in [2.24, 2.45) is 11.0 Å². The predicted octanol–water partition coefficient (Wildman–Crippen LogP) is 2.72. The normalized spacial score (nSPS) is 19.9. The Morgan fingerprint density at radius 1 is 1.11 bits per heavy atom. The molecule has 7 heteroatoms. The van der Waals surface area contributed by atoms with Crippen LogP contribution < -0.4 is 9.80 Å². The van der Waals surface area contributed by atoms with Gasteiger partial charge in [-0.1, -0.05) is 30.3 Å². The van der Waals surface area contributed by atoms with Crippen molar-refractivity contribution >= 4 is 23.9 Å². The Bertz CT molecular complexity index is 845. The van der Waals surface area contributed by atoms with E-state index in [0.717, 1.165) is 43.7 Å². The number of benzene rings is 1. The summed E-state index contributed by atoms with van der Waals surface area (Å²) in [6, 6.07) is 12.1.